The smallest absolute Gasteiger partial charge is 0.301 e. The summed E-state index contributed by atoms with van der Waals surface area (Å²) in [6.07, 6.45) is 3.35. The summed E-state index contributed by atoms with van der Waals surface area (Å²) >= 11 is 2.37. The Morgan fingerprint density at radius 1 is 1.12 bits per heavy atom. The minimum absolute atomic E-state index is 0.103. The number of imidazole rings is 1. The molecular formula is C31H24FN5O4S2. The molecule has 0 spiro atoms. The van der Waals surface area contributed by atoms with Gasteiger partial charge in [-0.3, -0.25) is 18.9 Å². The number of benzene rings is 2. The van der Waals surface area contributed by atoms with Gasteiger partial charge < -0.3 is 9.84 Å². The number of rotatable bonds is 9. The van der Waals surface area contributed by atoms with E-state index in [9.17, 15) is 19.1 Å². The number of ketones is 1. The maximum absolute atomic E-state index is 14.1. The molecule has 1 saturated heterocycles. The number of hydrogen-bond donors (Lipinski definition) is 1. The van der Waals surface area contributed by atoms with E-state index in [0.717, 1.165) is 11.3 Å². The third kappa shape index (κ3) is 5.30. The van der Waals surface area contributed by atoms with Gasteiger partial charge in [0.1, 0.15) is 29.5 Å². The number of aliphatic hydroxyl groups excluding tert-OH is 1. The second-order valence-corrected chi connectivity index (χ2v) is 11.7. The van der Waals surface area contributed by atoms with Crippen LogP contribution in [-0.4, -0.2) is 43.0 Å². The van der Waals surface area contributed by atoms with Gasteiger partial charge in [-0.15, -0.1) is 10.2 Å². The Morgan fingerprint density at radius 3 is 2.65 bits per heavy atom. The molecule has 12 heteroatoms. The zero-order chi connectivity index (χ0) is 30.1. The van der Waals surface area contributed by atoms with Gasteiger partial charge in [-0.05, 0) is 48.4 Å². The summed E-state index contributed by atoms with van der Waals surface area (Å²) in [6.45, 7) is 5.69. The number of carbonyl (C=O) groups is 2. The monoisotopic (exact) mass is 613 g/mol. The van der Waals surface area contributed by atoms with Crippen LogP contribution in [0.25, 0.3) is 11.4 Å². The third-order valence-electron chi connectivity index (χ3n) is 6.85. The molecule has 5 aromatic rings. The molecule has 0 radical (unpaired) electrons. The molecular weight excluding hydrogens is 590 g/mol. The number of aliphatic hydroxyl groups is 1. The molecule has 1 aliphatic heterocycles. The molecule has 43 heavy (non-hydrogen) atoms. The fourth-order valence-corrected chi connectivity index (χ4v) is 6.74. The number of aryl methyl sites for hydroxylation is 1. The highest BCUT2D eigenvalue weighted by atomic mass is 32.2. The molecule has 1 N–H and O–H groups in total. The maximum atomic E-state index is 14.1. The Bertz CT molecular complexity index is 1900. The summed E-state index contributed by atoms with van der Waals surface area (Å²) in [4.78, 5) is 33.0. The van der Waals surface area contributed by atoms with Crippen molar-refractivity contribution in [2.24, 2.45) is 0 Å². The first-order valence-corrected chi connectivity index (χ1v) is 15.0. The van der Waals surface area contributed by atoms with Gasteiger partial charge in [0.05, 0.1) is 17.3 Å². The van der Waals surface area contributed by atoms with E-state index in [4.69, 9.17) is 4.74 Å². The molecule has 0 saturated carbocycles. The number of fused-ring (bicyclic) bond motifs is 1. The lowest BCUT2D eigenvalue weighted by atomic mass is 9.96. The first kappa shape index (κ1) is 28.3. The predicted octanol–water partition coefficient (Wildman–Crippen LogP) is 6.12. The first-order valence-electron chi connectivity index (χ1n) is 13.2. The Labute approximate surface area is 254 Å². The van der Waals surface area contributed by atoms with Gasteiger partial charge in [0.15, 0.2) is 10.1 Å². The number of carbonyl (C=O) groups excluding carboxylic acids is 2. The van der Waals surface area contributed by atoms with Crippen molar-refractivity contribution in [3.63, 3.8) is 0 Å². The molecule has 4 heterocycles. The Hall–Kier alpha value is -4.81. The minimum atomic E-state index is -1.01. The Morgan fingerprint density at radius 2 is 1.88 bits per heavy atom. The molecule has 6 rings (SSSR count). The van der Waals surface area contributed by atoms with E-state index in [1.54, 1.807) is 78.2 Å². The third-order valence-corrected chi connectivity index (χ3v) is 8.95. The number of anilines is 1. The van der Waals surface area contributed by atoms with Gasteiger partial charge in [-0.2, -0.15) is 0 Å². The Kier molecular flexibility index (Phi) is 7.78. The predicted molar refractivity (Wildman–Crippen MR) is 163 cm³/mol. The maximum Gasteiger partial charge on any atom is 0.301 e. The fraction of sp³-hybridized carbons (Fsp3) is 0.129. The lowest BCUT2D eigenvalue weighted by Gasteiger charge is -2.22. The molecule has 1 unspecified atom stereocenters. The van der Waals surface area contributed by atoms with E-state index in [1.807, 2.05) is 6.07 Å². The van der Waals surface area contributed by atoms with E-state index in [2.05, 4.69) is 21.8 Å². The second-order valence-electron chi connectivity index (χ2n) is 9.54. The number of ether oxygens (including phenoxy) is 1. The number of amides is 1. The van der Waals surface area contributed by atoms with Crippen LogP contribution in [0.1, 0.15) is 28.6 Å². The van der Waals surface area contributed by atoms with Gasteiger partial charge in [0, 0.05) is 11.9 Å². The number of hydrogen-bond acceptors (Lipinski definition) is 9. The van der Waals surface area contributed by atoms with E-state index in [0.29, 0.717) is 50.6 Å². The number of Topliss-reactive ketones (excluding diaryl/α,β-unsaturated/α-hetero) is 1. The van der Waals surface area contributed by atoms with Crippen molar-refractivity contribution in [1.82, 2.24) is 19.6 Å². The van der Waals surface area contributed by atoms with Gasteiger partial charge in [-0.25, -0.2) is 9.37 Å². The van der Waals surface area contributed by atoms with E-state index in [1.165, 1.54) is 22.7 Å². The van der Waals surface area contributed by atoms with Gasteiger partial charge >= 0.3 is 5.91 Å². The molecule has 9 nitrogen and oxygen atoms in total. The van der Waals surface area contributed by atoms with Crippen molar-refractivity contribution in [3.8, 4) is 5.75 Å². The molecule has 2 aromatic carbocycles. The number of nitrogens with zero attached hydrogens (tertiary/aromatic N) is 5. The SMILES string of the molecule is C=CCOc1ccc(C2C(=C(O)c3c(C)nc4ccccn34)C(=O)C(=O)N2c2nnc(SCc3ccccc3F)s2)cc1. The summed E-state index contributed by atoms with van der Waals surface area (Å²) < 4.78 is 21.9. The highest BCUT2D eigenvalue weighted by Gasteiger charge is 2.49. The second kappa shape index (κ2) is 11.8. The lowest BCUT2D eigenvalue weighted by molar-refractivity contribution is -0.132. The molecule has 0 bridgehead atoms. The number of aromatic nitrogens is 4. The van der Waals surface area contributed by atoms with Gasteiger partial charge in [0.25, 0.3) is 5.78 Å². The zero-order valence-corrected chi connectivity index (χ0v) is 24.4. The van der Waals surface area contributed by atoms with Crippen molar-refractivity contribution in [2.45, 2.75) is 23.1 Å². The first-order chi connectivity index (χ1) is 20.9. The summed E-state index contributed by atoms with van der Waals surface area (Å²) in [5.41, 5.74) is 2.33. The number of thioether (sulfide) groups is 1. The molecule has 1 atom stereocenters. The van der Waals surface area contributed by atoms with Crippen molar-refractivity contribution < 1.29 is 23.8 Å². The van der Waals surface area contributed by atoms with Crippen molar-refractivity contribution in [2.75, 3.05) is 11.5 Å². The van der Waals surface area contributed by atoms with Crippen molar-refractivity contribution in [3.05, 3.63) is 119 Å². The van der Waals surface area contributed by atoms with E-state index in [-0.39, 0.29) is 22.3 Å². The van der Waals surface area contributed by atoms with Gasteiger partial charge in [-0.1, -0.05) is 72.2 Å². The van der Waals surface area contributed by atoms with Crippen LogP contribution in [0.3, 0.4) is 0 Å². The highest BCUT2D eigenvalue weighted by molar-refractivity contribution is 8.00. The van der Waals surface area contributed by atoms with Crippen LogP contribution in [0.5, 0.6) is 5.75 Å². The molecule has 3 aromatic heterocycles. The van der Waals surface area contributed by atoms with Crippen LogP contribution >= 0.6 is 23.1 Å². The summed E-state index contributed by atoms with van der Waals surface area (Å²) in [5.74, 6) is -1.52. The summed E-state index contributed by atoms with van der Waals surface area (Å²) in [6, 6.07) is 17.7. The minimum Gasteiger partial charge on any atom is -0.505 e. The quantitative estimate of drug-likeness (QED) is 0.0529. The van der Waals surface area contributed by atoms with E-state index < -0.39 is 17.7 Å². The number of pyridine rings is 1. The van der Waals surface area contributed by atoms with Gasteiger partial charge in [0.2, 0.25) is 5.13 Å². The largest absolute Gasteiger partial charge is 0.505 e. The molecule has 1 aliphatic rings. The van der Waals surface area contributed by atoms with Crippen LogP contribution in [0.4, 0.5) is 9.52 Å². The molecule has 1 fully saturated rings. The summed E-state index contributed by atoms with van der Waals surface area (Å²) in [7, 11) is 0. The van der Waals surface area contributed by atoms with Crippen molar-refractivity contribution in [1.29, 1.82) is 0 Å². The zero-order valence-electron chi connectivity index (χ0n) is 22.8. The average Bonchev–Trinajstić information content (AvgIpc) is 3.69. The molecule has 0 aliphatic carbocycles. The normalized spacial score (nSPS) is 16.2. The Balaban J connectivity index is 1.43. The summed E-state index contributed by atoms with van der Waals surface area (Å²) in [5, 5.41) is 20.3. The van der Waals surface area contributed by atoms with Crippen molar-refractivity contribution >= 4 is 51.3 Å². The average molecular weight is 614 g/mol. The topological polar surface area (TPSA) is 110 Å². The molecule has 216 valence electrons. The lowest BCUT2D eigenvalue weighted by Crippen LogP contribution is -2.29. The number of halogens is 1. The highest BCUT2D eigenvalue weighted by Crippen LogP contribution is 2.44. The van der Waals surface area contributed by atoms with Crippen LogP contribution in [0.2, 0.25) is 0 Å². The van der Waals surface area contributed by atoms with Crippen LogP contribution < -0.4 is 9.64 Å². The molecule has 1 amide bonds. The van der Waals surface area contributed by atoms with Crippen LogP contribution in [-0.2, 0) is 15.3 Å². The van der Waals surface area contributed by atoms with Crippen LogP contribution in [0.15, 0.2) is 95.5 Å². The fourth-order valence-electron chi connectivity index (χ4n) is 4.89. The van der Waals surface area contributed by atoms with Crippen LogP contribution in [0, 0.1) is 12.7 Å². The van der Waals surface area contributed by atoms with E-state index >= 15 is 0 Å². The standard InChI is InChI=1S/C31H24FN5O4S2/c1-3-16-41-21-13-11-19(12-14-21)26-24(27(38)25-18(2)33-23-10-6-7-15-36(23)25)28(39)29(40)37(26)30-34-35-31(43-30)42-17-20-8-4-5-9-22(20)32/h3-15,26,38H,1,16-17H2,2H3.